The van der Waals surface area contributed by atoms with Crippen LogP contribution in [-0.4, -0.2) is 38.4 Å². The van der Waals surface area contributed by atoms with Crippen molar-refractivity contribution in [1.82, 2.24) is 5.43 Å². The summed E-state index contributed by atoms with van der Waals surface area (Å²) in [4.78, 5) is 24.4. The molecule has 1 amide bonds. The van der Waals surface area contributed by atoms with Gasteiger partial charge in [0.1, 0.15) is 11.5 Å². The minimum atomic E-state index is -0.530. The zero-order valence-electron chi connectivity index (χ0n) is 18.6. The number of hydrogen-bond acceptors (Lipinski definition) is 7. The van der Waals surface area contributed by atoms with Crippen LogP contribution in [0.25, 0.3) is 0 Å². The molecule has 0 spiro atoms. The van der Waals surface area contributed by atoms with Crippen molar-refractivity contribution in [1.29, 1.82) is 0 Å². The number of hydrazone groups is 1. The fourth-order valence-corrected chi connectivity index (χ4v) is 2.86. The molecule has 0 aliphatic heterocycles. The maximum atomic E-state index is 12.5. The lowest BCUT2D eigenvalue weighted by atomic mass is 10.2. The number of carbonyl (C=O) groups is 2. The van der Waals surface area contributed by atoms with Crippen molar-refractivity contribution in [3.8, 4) is 23.0 Å². The molecule has 0 aromatic heterocycles. The zero-order chi connectivity index (χ0) is 24.3. The maximum Gasteiger partial charge on any atom is 0.343 e. The highest BCUT2D eigenvalue weighted by molar-refractivity contribution is 6.30. The molecule has 34 heavy (non-hydrogen) atoms. The van der Waals surface area contributed by atoms with Crippen LogP contribution >= 0.6 is 11.6 Å². The number of benzene rings is 3. The smallest absolute Gasteiger partial charge is 0.343 e. The van der Waals surface area contributed by atoms with Gasteiger partial charge in [-0.05, 0) is 79.2 Å². The first kappa shape index (κ1) is 24.6. The Balaban J connectivity index is 1.58. The van der Waals surface area contributed by atoms with Gasteiger partial charge in [-0.15, -0.1) is 0 Å². The van der Waals surface area contributed by atoms with Crippen molar-refractivity contribution in [3.05, 3.63) is 82.9 Å². The van der Waals surface area contributed by atoms with Crippen LogP contribution in [0.1, 0.15) is 22.8 Å². The molecule has 176 valence electrons. The number of nitrogens with zero attached hydrogens (tertiary/aromatic N) is 1. The molecular formula is C25H23ClN2O6. The lowest BCUT2D eigenvalue weighted by Gasteiger charge is -2.11. The van der Waals surface area contributed by atoms with Crippen LogP contribution in [0.4, 0.5) is 0 Å². The van der Waals surface area contributed by atoms with E-state index >= 15 is 0 Å². The van der Waals surface area contributed by atoms with Gasteiger partial charge in [0, 0.05) is 5.02 Å². The predicted molar refractivity (Wildman–Crippen MR) is 128 cm³/mol. The van der Waals surface area contributed by atoms with E-state index in [9.17, 15) is 9.59 Å². The maximum absolute atomic E-state index is 12.5. The van der Waals surface area contributed by atoms with Gasteiger partial charge < -0.3 is 18.9 Å². The predicted octanol–water partition coefficient (Wildman–Crippen LogP) is 4.50. The molecular weight excluding hydrogens is 460 g/mol. The van der Waals surface area contributed by atoms with Crippen LogP contribution in [0.3, 0.4) is 0 Å². The number of nitrogens with one attached hydrogen (secondary N) is 1. The van der Waals surface area contributed by atoms with Crippen molar-refractivity contribution >= 4 is 29.7 Å². The van der Waals surface area contributed by atoms with E-state index in [0.717, 1.165) is 0 Å². The van der Waals surface area contributed by atoms with Crippen LogP contribution < -0.4 is 24.4 Å². The summed E-state index contributed by atoms with van der Waals surface area (Å²) in [5, 5.41) is 4.50. The van der Waals surface area contributed by atoms with E-state index < -0.39 is 11.9 Å². The number of methoxy groups -OCH3 is 1. The summed E-state index contributed by atoms with van der Waals surface area (Å²) in [5.41, 5.74) is 3.39. The highest BCUT2D eigenvalue weighted by Crippen LogP contribution is 2.29. The Kier molecular flexibility index (Phi) is 8.88. The molecule has 0 fully saturated rings. The molecule has 0 unspecified atom stereocenters. The second-order valence-corrected chi connectivity index (χ2v) is 7.23. The molecule has 0 radical (unpaired) electrons. The molecule has 0 saturated carbocycles. The number of rotatable bonds is 10. The highest BCUT2D eigenvalue weighted by atomic mass is 35.5. The lowest BCUT2D eigenvalue weighted by molar-refractivity contribution is -0.123. The molecule has 9 heteroatoms. The van der Waals surface area contributed by atoms with E-state index in [1.807, 2.05) is 6.92 Å². The van der Waals surface area contributed by atoms with Crippen molar-refractivity contribution in [2.45, 2.75) is 6.92 Å². The second-order valence-electron chi connectivity index (χ2n) is 6.79. The van der Waals surface area contributed by atoms with Gasteiger partial charge in [0.25, 0.3) is 5.91 Å². The summed E-state index contributed by atoms with van der Waals surface area (Å²) in [6, 6.07) is 18.2. The van der Waals surface area contributed by atoms with E-state index in [0.29, 0.717) is 40.0 Å². The SMILES string of the molecule is CCOc1cc(C=NNC(=O)COc2ccc(Cl)cc2)ccc1OC(=O)c1ccc(OC)cc1. The van der Waals surface area contributed by atoms with Gasteiger partial charge in [-0.1, -0.05) is 11.6 Å². The summed E-state index contributed by atoms with van der Waals surface area (Å²) in [5.74, 6) is 0.827. The number of amides is 1. The van der Waals surface area contributed by atoms with Gasteiger partial charge in [-0.2, -0.15) is 5.10 Å². The molecule has 3 aromatic rings. The first-order chi connectivity index (χ1) is 16.5. The third kappa shape index (κ3) is 7.25. The number of esters is 1. The van der Waals surface area contributed by atoms with Crippen molar-refractivity contribution < 1.29 is 28.5 Å². The standard InChI is InChI=1S/C25H23ClN2O6/c1-3-32-23-14-17(15-27-28-24(29)16-33-21-11-7-19(26)8-12-21)4-13-22(23)34-25(30)18-5-9-20(31-2)10-6-18/h4-15H,3,16H2,1-2H3,(H,28,29). The number of halogens is 1. The number of carbonyl (C=O) groups excluding carboxylic acids is 2. The van der Waals surface area contributed by atoms with Gasteiger partial charge in [-0.3, -0.25) is 4.79 Å². The van der Waals surface area contributed by atoms with Crippen molar-refractivity contribution in [2.75, 3.05) is 20.3 Å². The second kappa shape index (κ2) is 12.3. The van der Waals surface area contributed by atoms with Gasteiger partial charge >= 0.3 is 5.97 Å². The Hall–Kier alpha value is -4.04. The largest absolute Gasteiger partial charge is 0.497 e. The average Bonchev–Trinajstić information content (AvgIpc) is 2.85. The molecule has 0 aliphatic carbocycles. The molecule has 1 N–H and O–H groups in total. The third-order valence-electron chi connectivity index (χ3n) is 4.38. The fraction of sp³-hybridized carbons (Fsp3) is 0.160. The summed E-state index contributed by atoms with van der Waals surface area (Å²) in [7, 11) is 1.55. The van der Waals surface area contributed by atoms with Crippen LogP contribution in [0.15, 0.2) is 71.8 Å². The minimum Gasteiger partial charge on any atom is -0.497 e. The molecule has 3 rings (SSSR count). The lowest BCUT2D eigenvalue weighted by Crippen LogP contribution is -2.24. The first-order valence-electron chi connectivity index (χ1n) is 10.3. The van der Waals surface area contributed by atoms with Gasteiger partial charge in [0.05, 0.1) is 25.5 Å². The third-order valence-corrected chi connectivity index (χ3v) is 4.63. The molecule has 3 aromatic carbocycles. The van der Waals surface area contributed by atoms with Crippen molar-refractivity contribution in [2.24, 2.45) is 5.10 Å². The van der Waals surface area contributed by atoms with Crippen LogP contribution in [-0.2, 0) is 4.79 Å². The molecule has 8 nitrogen and oxygen atoms in total. The van der Waals surface area contributed by atoms with E-state index in [1.54, 1.807) is 73.8 Å². The topological polar surface area (TPSA) is 95.5 Å². The average molecular weight is 483 g/mol. The molecule has 0 heterocycles. The minimum absolute atomic E-state index is 0.205. The summed E-state index contributed by atoms with van der Waals surface area (Å²) in [6.07, 6.45) is 1.44. The first-order valence-corrected chi connectivity index (χ1v) is 10.7. The molecule has 0 atom stereocenters. The number of hydrogen-bond donors (Lipinski definition) is 1. The quantitative estimate of drug-likeness (QED) is 0.198. The molecule has 0 saturated heterocycles. The Labute approximate surface area is 202 Å². The monoisotopic (exact) mass is 482 g/mol. The summed E-state index contributed by atoms with van der Waals surface area (Å²) >= 11 is 5.81. The fourth-order valence-electron chi connectivity index (χ4n) is 2.73. The zero-order valence-corrected chi connectivity index (χ0v) is 19.4. The van der Waals surface area contributed by atoms with E-state index in [4.69, 9.17) is 30.5 Å². The summed E-state index contributed by atoms with van der Waals surface area (Å²) < 4.78 is 21.5. The Morgan fingerprint density at radius 2 is 1.65 bits per heavy atom. The van der Waals surface area contributed by atoms with Gasteiger partial charge in [0.15, 0.2) is 18.1 Å². The molecule has 0 aliphatic rings. The summed E-state index contributed by atoms with van der Waals surface area (Å²) in [6.45, 7) is 1.98. The van der Waals surface area contributed by atoms with E-state index in [-0.39, 0.29) is 12.4 Å². The van der Waals surface area contributed by atoms with Crippen molar-refractivity contribution in [3.63, 3.8) is 0 Å². The highest BCUT2D eigenvalue weighted by Gasteiger charge is 2.13. The van der Waals surface area contributed by atoms with E-state index in [1.165, 1.54) is 6.21 Å². The normalized spacial score (nSPS) is 10.6. The molecule has 0 bridgehead atoms. The van der Waals surface area contributed by atoms with Crippen LogP contribution in [0.5, 0.6) is 23.0 Å². The Morgan fingerprint density at radius 3 is 2.32 bits per heavy atom. The van der Waals surface area contributed by atoms with Gasteiger partial charge in [0.2, 0.25) is 0 Å². The Bertz CT molecular complexity index is 1150. The van der Waals surface area contributed by atoms with Crippen LogP contribution in [0.2, 0.25) is 5.02 Å². The van der Waals surface area contributed by atoms with E-state index in [2.05, 4.69) is 10.5 Å². The number of ether oxygens (including phenoxy) is 4. The van der Waals surface area contributed by atoms with Gasteiger partial charge in [-0.25, -0.2) is 10.2 Å². The van der Waals surface area contributed by atoms with Crippen LogP contribution in [0, 0.1) is 0 Å². The Morgan fingerprint density at radius 1 is 0.941 bits per heavy atom.